The molecule has 6 nitrogen and oxygen atoms in total. The van der Waals surface area contributed by atoms with E-state index in [4.69, 9.17) is 15.6 Å². The Hall–Kier alpha value is -1.14. The first-order chi connectivity index (χ1) is 7.52. The van der Waals surface area contributed by atoms with Crippen LogP contribution < -0.4 is 5.73 Å². The number of nitrogens with two attached hydrogens (primary N) is 1. The van der Waals surface area contributed by atoms with Crippen molar-refractivity contribution in [1.82, 2.24) is 4.90 Å². The van der Waals surface area contributed by atoms with Gasteiger partial charge in [0.2, 0.25) is 5.91 Å². The molecular weight excluding hydrogens is 212 g/mol. The Balaban J connectivity index is 2.45. The molecule has 0 spiro atoms. The number of nitrogens with zero attached hydrogens (tertiary/aromatic N) is 1. The Labute approximate surface area is 94.3 Å². The summed E-state index contributed by atoms with van der Waals surface area (Å²) in [6.07, 6.45) is 0.101. The molecule has 92 valence electrons. The molecule has 2 unspecified atom stereocenters. The summed E-state index contributed by atoms with van der Waals surface area (Å²) in [7, 11) is 0. The van der Waals surface area contributed by atoms with Crippen molar-refractivity contribution in [2.45, 2.75) is 31.8 Å². The van der Waals surface area contributed by atoms with Crippen LogP contribution in [-0.4, -0.2) is 53.7 Å². The van der Waals surface area contributed by atoms with Crippen molar-refractivity contribution in [1.29, 1.82) is 0 Å². The van der Waals surface area contributed by atoms with Crippen LogP contribution in [0.5, 0.6) is 0 Å². The molecule has 3 N–H and O–H groups in total. The van der Waals surface area contributed by atoms with Crippen molar-refractivity contribution in [2.75, 3.05) is 19.8 Å². The van der Waals surface area contributed by atoms with E-state index < -0.39 is 12.0 Å². The van der Waals surface area contributed by atoms with Crippen molar-refractivity contribution in [3.63, 3.8) is 0 Å². The van der Waals surface area contributed by atoms with Crippen molar-refractivity contribution in [3.05, 3.63) is 0 Å². The molecule has 2 atom stereocenters. The van der Waals surface area contributed by atoms with Gasteiger partial charge in [0.25, 0.3) is 0 Å². The van der Waals surface area contributed by atoms with Gasteiger partial charge in [0.15, 0.2) is 0 Å². The van der Waals surface area contributed by atoms with Gasteiger partial charge in [-0.3, -0.25) is 9.59 Å². The van der Waals surface area contributed by atoms with Gasteiger partial charge in [-0.25, -0.2) is 0 Å². The lowest BCUT2D eigenvalue weighted by Gasteiger charge is -2.34. The normalized spacial score (nSPS) is 22.9. The summed E-state index contributed by atoms with van der Waals surface area (Å²) in [5.74, 6) is -1.12. The standard InChI is InChI=1S/C10H18N2O4/c1-7-6-16-5-4-12(7)10(15)8(11)2-3-9(13)14/h7-8H,2-6,11H2,1H3,(H,13,14). The molecule has 1 rings (SSSR count). The summed E-state index contributed by atoms with van der Waals surface area (Å²) in [5.41, 5.74) is 5.66. The van der Waals surface area contributed by atoms with Gasteiger partial charge in [-0.2, -0.15) is 0 Å². The second-order valence-corrected chi connectivity index (χ2v) is 3.99. The van der Waals surface area contributed by atoms with Crippen molar-refractivity contribution < 1.29 is 19.4 Å². The zero-order valence-corrected chi connectivity index (χ0v) is 9.39. The zero-order valence-electron chi connectivity index (χ0n) is 9.39. The van der Waals surface area contributed by atoms with E-state index in [-0.39, 0.29) is 24.8 Å². The summed E-state index contributed by atoms with van der Waals surface area (Å²) < 4.78 is 5.21. The summed E-state index contributed by atoms with van der Waals surface area (Å²) >= 11 is 0. The number of aliphatic carboxylic acids is 1. The van der Waals surface area contributed by atoms with E-state index >= 15 is 0 Å². The first kappa shape index (κ1) is 12.9. The summed E-state index contributed by atoms with van der Waals surface area (Å²) in [4.78, 5) is 23.9. The molecule has 1 aliphatic rings. The Morgan fingerprint density at radius 2 is 2.31 bits per heavy atom. The fraction of sp³-hybridized carbons (Fsp3) is 0.800. The van der Waals surface area contributed by atoms with Gasteiger partial charge in [-0.15, -0.1) is 0 Å². The number of carboxylic acid groups (broad SMARTS) is 1. The van der Waals surface area contributed by atoms with Crippen LogP contribution in [0.2, 0.25) is 0 Å². The van der Waals surface area contributed by atoms with E-state index in [1.54, 1.807) is 4.90 Å². The number of rotatable bonds is 4. The molecule has 1 saturated heterocycles. The summed E-state index contributed by atoms with van der Waals surface area (Å²) in [5, 5.41) is 8.51. The molecule has 0 aliphatic carbocycles. The first-order valence-electron chi connectivity index (χ1n) is 5.38. The predicted octanol–water partition coefficient (Wildman–Crippen LogP) is -0.574. The van der Waals surface area contributed by atoms with Crippen LogP contribution in [0.4, 0.5) is 0 Å². The molecule has 1 amide bonds. The number of carbonyl (C=O) groups is 2. The first-order valence-corrected chi connectivity index (χ1v) is 5.38. The van der Waals surface area contributed by atoms with Crippen LogP contribution in [0.25, 0.3) is 0 Å². The Bertz CT molecular complexity index is 270. The number of amides is 1. The fourth-order valence-electron chi connectivity index (χ4n) is 1.67. The SMILES string of the molecule is CC1COCCN1C(=O)C(N)CCC(=O)O. The molecule has 0 aromatic heterocycles. The van der Waals surface area contributed by atoms with E-state index in [0.29, 0.717) is 19.8 Å². The van der Waals surface area contributed by atoms with Crippen molar-refractivity contribution in [3.8, 4) is 0 Å². The van der Waals surface area contributed by atoms with Gasteiger partial charge in [0.05, 0.1) is 25.3 Å². The van der Waals surface area contributed by atoms with E-state index in [1.165, 1.54) is 0 Å². The molecule has 0 aromatic carbocycles. The highest BCUT2D eigenvalue weighted by molar-refractivity contribution is 5.82. The molecule has 0 radical (unpaired) electrons. The van der Waals surface area contributed by atoms with E-state index in [0.717, 1.165) is 0 Å². The summed E-state index contributed by atoms with van der Waals surface area (Å²) in [6.45, 7) is 3.45. The third-order valence-electron chi connectivity index (χ3n) is 2.64. The summed E-state index contributed by atoms with van der Waals surface area (Å²) in [6, 6.07) is -0.714. The predicted molar refractivity (Wildman–Crippen MR) is 56.8 cm³/mol. The smallest absolute Gasteiger partial charge is 0.303 e. The number of morpholine rings is 1. The number of carboxylic acids is 1. The van der Waals surface area contributed by atoms with Crippen molar-refractivity contribution in [2.24, 2.45) is 5.73 Å². The molecule has 16 heavy (non-hydrogen) atoms. The maximum atomic E-state index is 11.9. The molecule has 6 heteroatoms. The Morgan fingerprint density at radius 3 is 2.88 bits per heavy atom. The van der Waals surface area contributed by atoms with Gasteiger partial charge < -0.3 is 20.5 Å². The highest BCUT2D eigenvalue weighted by Gasteiger charge is 2.27. The van der Waals surface area contributed by atoms with E-state index in [9.17, 15) is 9.59 Å². The average Bonchev–Trinajstić information content (AvgIpc) is 2.25. The number of hydrogen-bond donors (Lipinski definition) is 2. The van der Waals surface area contributed by atoms with Crippen LogP contribution in [0, 0.1) is 0 Å². The minimum atomic E-state index is -0.932. The Kier molecular flexibility index (Phi) is 4.70. The molecule has 1 aliphatic heterocycles. The molecule has 1 fully saturated rings. The largest absolute Gasteiger partial charge is 0.481 e. The minimum absolute atomic E-state index is 0.0112. The maximum absolute atomic E-state index is 11.9. The monoisotopic (exact) mass is 230 g/mol. The van der Waals surface area contributed by atoms with Crippen LogP contribution in [-0.2, 0) is 14.3 Å². The van der Waals surface area contributed by atoms with Gasteiger partial charge in [-0.1, -0.05) is 0 Å². The average molecular weight is 230 g/mol. The highest BCUT2D eigenvalue weighted by Crippen LogP contribution is 2.09. The third kappa shape index (κ3) is 3.46. The zero-order chi connectivity index (χ0) is 12.1. The van der Waals surface area contributed by atoms with Crippen LogP contribution in [0.3, 0.4) is 0 Å². The lowest BCUT2D eigenvalue weighted by molar-refractivity contribution is -0.141. The van der Waals surface area contributed by atoms with E-state index in [1.807, 2.05) is 6.92 Å². The third-order valence-corrected chi connectivity index (χ3v) is 2.64. The quantitative estimate of drug-likeness (QED) is 0.674. The second kappa shape index (κ2) is 5.81. The number of carbonyl (C=O) groups excluding carboxylic acids is 1. The van der Waals surface area contributed by atoms with Gasteiger partial charge >= 0.3 is 5.97 Å². The molecular formula is C10H18N2O4. The van der Waals surface area contributed by atoms with Gasteiger partial charge in [0, 0.05) is 13.0 Å². The van der Waals surface area contributed by atoms with Crippen LogP contribution in [0.1, 0.15) is 19.8 Å². The van der Waals surface area contributed by atoms with Gasteiger partial charge in [-0.05, 0) is 13.3 Å². The molecule has 0 bridgehead atoms. The minimum Gasteiger partial charge on any atom is -0.481 e. The highest BCUT2D eigenvalue weighted by atomic mass is 16.5. The lowest BCUT2D eigenvalue weighted by atomic mass is 10.1. The van der Waals surface area contributed by atoms with Gasteiger partial charge in [0.1, 0.15) is 0 Å². The lowest BCUT2D eigenvalue weighted by Crippen LogP contribution is -2.53. The van der Waals surface area contributed by atoms with Crippen molar-refractivity contribution >= 4 is 11.9 Å². The number of hydrogen-bond acceptors (Lipinski definition) is 4. The van der Waals surface area contributed by atoms with Crippen LogP contribution >= 0.6 is 0 Å². The van der Waals surface area contributed by atoms with E-state index in [2.05, 4.69) is 0 Å². The molecule has 0 aromatic rings. The fourth-order valence-corrected chi connectivity index (χ4v) is 1.67. The topological polar surface area (TPSA) is 92.9 Å². The molecule has 0 saturated carbocycles. The Morgan fingerprint density at radius 1 is 1.62 bits per heavy atom. The number of ether oxygens (including phenoxy) is 1. The second-order valence-electron chi connectivity index (χ2n) is 3.99. The maximum Gasteiger partial charge on any atom is 0.303 e. The molecule has 1 heterocycles. The van der Waals surface area contributed by atoms with Crippen LogP contribution in [0.15, 0.2) is 0 Å².